The Balaban J connectivity index is 3.00. The molecule has 0 aliphatic rings. The Kier molecular flexibility index (Phi) is 6.21. The zero-order chi connectivity index (χ0) is 13.7. The van der Waals surface area contributed by atoms with Crippen molar-refractivity contribution >= 4 is 40.1 Å². The van der Waals surface area contributed by atoms with Crippen molar-refractivity contribution in [2.45, 2.75) is 19.8 Å². The number of nitrogens with zero attached hydrogens (tertiary/aromatic N) is 1. The van der Waals surface area contributed by atoms with E-state index >= 15 is 0 Å². The molecule has 0 fully saturated rings. The fourth-order valence-corrected chi connectivity index (χ4v) is 2.17. The first-order valence-electron chi connectivity index (χ1n) is 5.79. The summed E-state index contributed by atoms with van der Waals surface area (Å²) in [5.74, 6) is 0.510. The second-order valence-electron chi connectivity index (χ2n) is 4.05. The first-order valence-corrected chi connectivity index (χ1v) is 7.25. The summed E-state index contributed by atoms with van der Waals surface area (Å²) >= 11 is 8.18. The number of carbonyl (C=O) groups is 1. The van der Waals surface area contributed by atoms with Crippen LogP contribution in [0.5, 0.6) is 5.75 Å². The number of benzene rings is 1. The van der Waals surface area contributed by atoms with Crippen molar-refractivity contribution in [2.75, 3.05) is 20.7 Å². The Labute approximate surface area is 127 Å². The molecule has 0 aliphatic heterocycles. The third-order valence-electron chi connectivity index (χ3n) is 2.67. The first kappa shape index (κ1) is 15.6. The number of amides is 1. The zero-order valence-electron chi connectivity index (χ0n) is 10.8. The summed E-state index contributed by atoms with van der Waals surface area (Å²) in [7, 11) is 3.35. The highest BCUT2D eigenvalue weighted by Gasteiger charge is 2.18. The van der Waals surface area contributed by atoms with Gasteiger partial charge in [-0.05, 0) is 41.1 Å². The Hall–Kier alpha value is -0.490. The van der Waals surface area contributed by atoms with Gasteiger partial charge in [0.05, 0.1) is 17.7 Å². The molecule has 0 aromatic heterocycles. The zero-order valence-corrected chi connectivity index (χ0v) is 13.7. The molecule has 0 bridgehead atoms. The maximum Gasteiger partial charge on any atom is 0.257 e. The summed E-state index contributed by atoms with van der Waals surface area (Å²) in [4.78, 5) is 14.0. The molecule has 3 nitrogen and oxygen atoms in total. The molecule has 1 amide bonds. The maximum absolute atomic E-state index is 12.3. The topological polar surface area (TPSA) is 29.5 Å². The van der Waals surface area contributed by atoms with Gasteiger partial charge in [0.15, 0.2) is 0 Å². The molecule has 0 spiro atoms. The van der Waals surface area contributed by atoms with E-state index in [0.29, 0.717) is 16.3 Å². The lowest BCUT2D eigenvalue weighted by molar-refractivity contribution is 0.0790. The number of methoxy groups -OCH3 is 1. The molecule has 0 unspecified atom stereocenters. The van der Waals surface area contributed by atoms with Crippen LogP contribution < -0.4 is 4.74 Å². The molecule has 1 rings (SSSR count). The average Bonchev–Trinajstić information content (AvgIpc) is 2.37. The molecule has 1 aromatic rings. The van der Waals surface area contributed by atoms with Crippen molar-refractivity contribution in [1.29, 1.82) is 0 Å². The van der Waals surface area contributed by atoms with Gasteiger partial charge in [-0.15, -0.1) is 0 Å². The summed E-state index contributed by atoms with van der Waals surface area (Å²) in [5.41, 5.74) is 0.515. The van der Waals surface area contributed by atoms with Crippen LogP contribution in [0.1, 0.15) is 30.1 Å². The van der Waals surface area contributed by atoms with Gasteiger partial charge < -0.3 is 9.64 Å². The molecular weight excluding hydrogens is 365 g/mol. The Bertz CT molecular complexity index is 437. The summed E-state index contributed by atoms with van der Waals surface area (Å²) in [6, 6.07) is 3.46. The van der Waals surface area contributed by atoms with Crippen LogP contribution in [0.3, 0.4) is 0 Å². The van der Waals surface area contributed by atoms with Crippen LogP contribution in [-0.4, -0.2) is 31.5 Å². The molecule has 0 radical (unpaired) electrons. The number of halogens is 2. The highest BCUT2D eigenvalue weighted by atomic mass is 127. The van der Waals surface area contributed by atoms with E-state index in [9.17, 15) is 4.79 Å². The highest BCUT2D eigenvalue weighted by molar-refractivity contribution is 14.1. The minimum atomic E-state index is -0.0569. The van der Waals surface area contributed by atoms with E-state index in [1.54, 1.807) is 31.2 Å². The maximum atomic E-state index is 12.3. The predicted molar refractivity (Wildman–Crippen MR) is 82.6 cm³/mol. The third-order valence-corrected chi connectivity index (χ3v) is 4.19. The van der Waals surface area contributed by atoms with Crippen LogP contribution in [-0.2, 0) is 0 Å². The van der Waals surface area contributed by atoms with Crippen LogP contribution in [0.25, 0.3) is 0 Å². The molecule has 100 valence electrons. The van der Waals surface area contributed by atoms with Crippen LogP contribution >= 0.6 is 34.2 Å². The van der Waals surface area contributed by atoms with E-state index in [4.69, 9.17) is 16.3 Å². The summed E-state index contributed by atoms with van der Waals surface area (Å²) in [6.45, 7) is 2.84. The summed E-state index contributed by atoms with van der Waals surface area (Å²) in [5, 5.41) is 0.573. The van der Waals surface area contributed by atoms with Gasteiger partial charge in [-0.2, -0.15) is 0 Å². The monoisotopic (exact) mass is 381 g/mol. The Morgan fingerprint density at radius 3 is 2.72 bits per heavy atom. The van der Waals surface area contributed by atoms with E-state index in [0.717, 1.165) is 23.0 Å². The van der Waals surface area contributed by atoms with Crippen molar-refractivity contribution in [2.24, 2.45) is 0 Å². The van der Waals surface area contributed by atoms with Crippen LogP contribution in [0.15, 0.2) is 12.1 Å². The van der Waals surface area contributed by atoms with Gasteiger partial charge in [0.2, 0.25) is 0 Å². The molecule has 5 heteroatoms. The Morgan fingerprint density at radius 2 is 2.17 bits per heavy atom. The van der Waals surface area contributed by atoms with Crippen LogP contribution in [0.4, 0.5) is 0 Å². The predicted octanol–water partition coefficient (Wildman–Crippen LogP) is 3.83. The molecule has 0 heterocycles. The van der Waals surface area contributed by atoms with Gasteiger partial charge in [0.25, 0.3) is 5.91 Å². The minimum absolute atomic E-state index is 0.0569. The fraction of sp³-hybridized carbons (Fsp3) is 0.462. The van der Waals surface area contributed by atoms with Crippen LogP contribution in [0.2, 0.25) is 5.02 Å². The van der Waals surface area contributed by atoms with Gasteiger partial charge in [0.1, 0.15) is 5.75 Å². The number of ether oxygens (including phenoxy) is 1. The van der Waals surface area contributed by atoms with Crippen molar-refractivity contribution < 1.29 is 9.53 Å². The molecule has 0 N–H and O–H groups in total. The largest absolute Gasteiger partial charge is 0.496 e. The van der Waals surface area contributed by atoms with Gasteiger partial charge in [-0.1, -0.05) is 24.9 Å². The van der Waals surface area contributed by atoms with Gasteiger partial charge in [0, 0.05) is 17.2 Å². The average molecular weight is 382 g/mol. The molecule has 0 saturated carbocycles. The second-order valence-corrected chi connectivity index (χ2v) is 5.62. The van der Waals surface area contributed by atoms with E-state index in [1.165, 1.54) is 0 Å². The molecule has 18 heavy (non-hydrogen) atoms. The van der Waals surface area contributed by atoms with E-state index in [2.05, 4.69) is 29.5 Å². The SMILES string of the molecule is CCCCN(C)C(=O)c1cc(Cl)c(I)cc1OC. The van der Waals surface area contributed by atoms with Gasteiger partial charge in [-0.25, -0.2) is 0 Å². The molecule has 1 aromatic carbocycles. The number of carbonyl (C=O) groups excluding carboxylic acids is 1. The number of unbranched alkanes of at least 4 members (excludes halogenated alkanes) is 1. The quantitative estimate of drug-likeness (QED) is 0.726. The van der Waals surface area contributed by atoms with Crippen molar-refractivity contribution in [1.82, 2.24) is 4.90 Å². The second kappa shape index (κ2) is 7.19. The molecule has 0 atom stereocenters. The van der Waals surface area contributed by atoms with Gasteiger partial charge >= 0.3 is 0 Å². The van der Waals surface area contributed by atoms with E-state index < -0.39 is 0 Å². The lowest BCUT2D eigenvalue weighted by atomic mass is 10.1. The molecule has 0 aliphatic carbocycles. The fourth-order valence-electron chi connectivity index (χ4n) is 1.57. The highest BCUT2D eigenvalue weighted by Crippen LogP contribution is 2.29. The number of hydrogen-bond donors (Lipinski definition) is 0. The summed E-state index contributed by atoms with van der Waals surface area (Å²) < 4.78 is 6.12. The first-order chi connectivity index (χ1) is 8.51. The van der Waals surface area contributed by atoms with Crippen molar-refractivity contribution in [3.63, 3.8) is 0 Å². The smallest absolute Gasteiger partial charge is 0.257 e. The van der Waals surface area contributed by atoms with Crippen molar-refractivity contribution in [3.8, 4) is 5.75 Å². The Morgan fingerprint density at radius 1 is 1.50 bits per heavy atom. The molecule has 0 saturated heterocycles. The minimum Gasteiger partial charge on any atom is -0.496 e. The third kappa shape index (κ3) is 3.75. The lowest BCUT2D eigenvalue weighted by Gasteiger charge is -2.18. The standard InChI is InChI=1S/C13H17ClINO2/c1-4-5-6-16(2)13(17)9-7-10(14)11(15)8-12(9)18-3/h7-8H,4-6H2,1-3H3. The van der Waals surface area contributed by atoms with E-state index in [-0.39, 0.29) is 5.91 Å². The lowest BCUT2D eigenvalue weighted by Crippen LogP contribution is -2.28. The van der Waals surface area contributed by atoms with Crippen LogP contribution in [0, 0.1) is 3.57 Å². The van der Waals surface area contributed by atoms with Crippen molar-refractivity contribution in [3.05, 3.63) is 26.3 Å². The number of hydrogen-bond acceptors (Lipinski definition) is 2. The van der Waals surface area contributed by atoms with Gasteiger partial charge in [-0.3, -0.25) is 4.79 Å². The van der Waals surface area contributed by atoms with E-state index in [1.807, 2.05) is 0 Å². The summed E-state index contributed by atoms with van der Waals surface area (Å²) in [6.07, 6.45) is 2.05. The number of rotatable bonds is 5. The normalized spacial score (nSPS) is 10.3. The molecular formula is C13H17ClINO2.